The first-order valence-corrected chi connectivity index (χ1v) is 11.8. The van der Waals surface area contributed by atoms with Crippen molar-refractivity contribution in [2.75, 3.05) is 35.5 Å². The zero-order valence-corrected chi connectivity index (χ0v) is 21.6. The summed E-state index contributed by atoms with van der Waals surface area (Å²) in [6.07, 6.45) is 1.64. The van der Waals surface area contributed by atoms with E-state index in [-0.39, 0.29) is 18.0 Å². The number of rotatable bonds is 7. The monoisotopic (exact) mass is 518 g/mol. The molecule has 2 aliphatic heterocycles. The van der Waals surface area contributed by atoms with Crippen molar-refractivity contribution < 1.29 is 42.7 Å². The lowest BCUT2D eigenvalue weighted by atomic mass is 9.84. The van der Waals surface area contributed by atoms with Crippen LogP contribution in [0.25, 0.3) is 6.08 Å². The summed E-state index contributed by atoms with van der Waals surface area (Å²) >= 11 is 0. The molecule has 9 heteroatoms. The SMILES string of the molecule is COc1ccc([C@@H]2CC(=O)Oc3ccc4c(c32)O/C(=C\c2cc(OC)c(OC)cc2OC)C4=O)c(OC)c1. The third-order valence-electron chi connectivity index (χ3n) is 6.62. The van der Waals surface area contributed by atoms with E-state index in [0.29, 0.717) is 56.9 Å². The number of hydrogen-bond acceptors (Lipinski definition) is 9. The van der Waals surface area contributed by atoms with Gasteiger partial charge < -0.3 is 33.2 Å². The number of carbonyl (C=O) groups is 2. The second-order valence-electron chi connectivity index (χ2n) is 8.58. The number of hydrogen-bond donors (Lipinski definition) is 0. The molecule has 1 atom stereocenters. The average Bonchev–Trinajstić information content (AvgIpc) is 3.26. The Morgan fingerprint density at radius 1 is 0.763 bits per heavy atom. The van der Waals surface area contributed by atoms with Crippen LogP contribution in [0.4, 0.5) is 0 Å². The van der Waals surface area contributed by atoms with E-state index in [0.717, 1.165) is 5.56 Å². The summed E-state index contributed by atoms with van der Waals surface area (Å²) < 4.78 is 38.9. The Morgan fingerprint density at radius 2 is 1.47 bits per heavy atom. The summed E-state index contributed by atoms with van der Waals surface area (Å²) in [6, 6.07) is 12.0. The Kier molecular flexibility index (Phi) is 6.59. The van der Waals surface area contributed by atoms with Gasteiger partial charge in [-0.05, 0) is 30.3 Å². The molecule has 0 N–H and O–H groups in total. The van der Waals surface area contributed by atoms with Gasteiger partial charge in [0.25, 0.3) is 0 Å². The van der Waals surface area contributed by atoms with Crippen molar-refractivity contribution in [2.24, 2.45) is 0 Å². The highest BCUT2D eigenvalue weighted by Crippen LogP contribution is 2.51. The van der Waals surface area contributed by atoms with Crippen molar-refractivity contribution in [1.29, 1.82) is 0 Å². The van der Waals surface area contributed by atoms with Crippen LogP contribution in [-0.4, -0.2) is 47.3 Å². The summed E-state index contributed by atoms with van der Waals surface area (Å²) in [7, 11) is 7.69. The van der Waals surface area contributed by atoms with Crippen LogP contribution in [-0.2, 0) is 4.79 Å². The summed E-state index contributed by atoms with van der Waals surface area (Å²) in [5.41, 5.74) is 2.27. The molecule has 0 amide bonds. The maximum atomic E-state index is 13.4. The fourth-order valence-corrected chi connectivity index (χ4v) is 4.78. The van der Waals surface area contributed by atoms with Crippen LogP contribution in [0.15, 0.2) is 48.2 Å². The number of benzene rings is 3. The zero-order valence-electron chi connectivity index (χ0n) is 21.6. The van der Waals surface area contributed by atoms with E-state index in [2.05, 4.69) is 0 Å². The normalized spacial score (nSPS) is 16.8. The maximum absolute atomic E-state index is 13.4. The predicted molar refractivity (Wildman–Crippen MR) is 137 cm³/mol. The molecule has 0 radical (unpaired) electrons. The van der Waals surface area contributed by atoms with Crippen molar-refractivity contribution in [3.05, 3.63) is 70.5 Å². The molecule has 38 heavy (non-hydrogen) atoms. The van der Waals surface area contributed by atoms with Gasteiger partial charge in [0.15, 0.2) is 17.3 Å². The fraction of sp³-hybridized carbons (Fsp3) is 0.241. The number of fused-ring (bicyclic) bond motifs is 3. The molecule has 196 valence electrons. The highest BCUT2D eigenvalue weighted by molar-refractivity contribution is 6.15. The molecule has 3 aromatic rings. The van der Waals surface area contributed by atoms with E-state index in [1.807, 2.05) is 6.07 Å². The Hall–Kier alpha value is -4.66. The highest BCUT2D eigenvalue weighted by atomic mass is 16.5. The van der Waals surface area contributed by atoms with Crippen LogP contribution < -0.4 is 33.2 Å². The van der Waals surface area contributed by atoms with Gasteiger partial charge in [-0.25, -0.2) is 0 Å². The molecule has 3 aromatic carbocycles. The molecule has 0 unspecified atom stereocenters. The first-order valence-electron chi connectivity index (χ1n) is 11.8. The molecule has 5 rings (SSSR count). The van der Waals surface area contributed by atoms with Crippen LogP contribution in [0.1, 0.15) is 39.4 Å². The number of allylic oxidation sites excluding steroid dienone is 1. The van der Waals surface area contributed by atoms with Gasteiger partial charge >= 0.3 is 5.97 Å². The topological polar surface area (TPSA) is 98.8 Å². The summed E-state index contributed by atoms with van der Waals surface area (Å²) in [5, 5.41) is 0. The number of esters is 1. The minimum absolute atomic E-state index is 0.0479. The number of carbonyl (C=O) groups excluding carboxylic acids is 2. The van der Waals surface area contributed by atoms with Crippen LogP contribution in [0.5, 0.6) is 40.2 Å². The van der Waals surface area contributed by atoms with E-state index in [1.165, 1.54) is 21.3 Å². The first kappa shape index (κ1) is 25.0. The quantitative estimate of drug-likeness (QED) is 0.248. The number of ketones is 1. The van der Waals surface area contributed by atoms with Crippen molar-refractivity contribution in [2.45, 2.75) is 12.3 Å². The zero-order chi connectivity index (χ0) is 27.0. The predicted octanol–water partition coefficient (Wildman–Crippen LogP) is 4.79. The third kappa shape index (κ3) is 4.15. The van der Waals surface area contributed by atoms with Crippen molar-refractivity contribution in [1.82, 2.24) is 0 Å². The Morgan fingerprint density at radius 3 is 2.16 bits per heavy atom. The largest absolute Gasteiger partial charge is 0.497 e. The second kappa shape index (κ2) is 10.0. The lowest BCUT2D eigenvalue weighted by Crippen LogP contribution is -2.22. The molecule has 0 bridgehead atoms. The highest BCUT2D eigenvalue weighted by Gasteiger charge is 2.39. The summed E-state index contributed by atoms with van der Waals surface area (Å²) in [5.74, 6) is 2.19. The van der Waals surface area contributed by atoms with Gasteiger partial charge in [0.2, 0.25) is 5.78 Å². The average molecular weight is 519 g/mol. The molecular formula is C29H26O9. The maximum Gasteiger partial charge on any atom is 0.312 e. The van der Waals surface area contributed by atoms with Gasteiger partial charge in [0.05, 0.1) is 47.5 Å². The van der Waals surface area contributed by atoms with Crippen LogP contribution in [0.3, 0.4) is 0 Å². The lowest BCUT2D eigenvalue weighted by molar-refractivity contribution is -0.135. The minimum atomic E-state index is -0.468. The lowest BCUT2D eigenvalue weighted by Gasteiger charge is -2.27. The molecule has 0 aliphatic carbocycles. The number of Topliss-reactive ketones (excluding diaryl/α,β-unsaturated/α-hetero) is 1. The number of ether oxygens (including phenoxy) is 7. The van der Waals surface area contributed by atoms with Crippen molar-refractivity contribution >= 4 is 17.8 Å². The van der Waals surface area contributed by atoms with Crippen LogP contribution in [0.2, 0.25) is 0 Å². The van der Waals surface area contributed by atoms with E-state index in [4.69, 9.17) is 33.2 Å². The minimum Gasteiger partial charge on any atom is -0.497 e. The smallest absolute Gasteiger partial charge is 0.312 e. The Bertz CT molecular complexity index is 1470. The van der Waals surface area contributed by atoms with Gasteiger partial charge in [-0.1, -0.05) is 6.07 Å². The molecule has 0 fully saturated rings. The molecular weight excluding hydrogens is 492 g/mol. The molecule has 9 nitrogen and oxygen atoms in total. The second-order valence-corrected chi connectivity index (χ2v) is 8.58. The van der Waals surface area contributed by atoms with Gasteiger partial charge in [0, 0.05) is 34.7 Å². The third-order valence-corrected chi connectivity index (χ3v) is 6.62. The van der Waals surface area contributed by atoms with Crippen molar-refractivity contribution in [3.63, 3.8) is 0 Å². The van der Waals surface area contributed by atoms with Gasteiger partial charge in [0.1, 0.15) is 28.7 Å². The Labute approximate surface area is 219 Å². The van der Waals surface area contributed by atoms with Gasteiger partial charge in [-0.2, -0.15) is 0 Å². The molecule has 0 saturated carbocycles. The standard InChI is InChI=1S/C29H26O9/c1-32-16-6-7-17(22(12-16)34-3)19-13-26(30)37-20-9-8-18-28(31)25(38-29(18)27(19)20)11-15-10-23(35-4)24(36-5)14-21(15)33-2/h6-12,14,19H,13H2,1-5H3/b25-11-/t19-/m0/s1. The Balaban J connectivity index is 1.62. The van der Waals surface area contributed by atoms with Gasteiger partial charge in [-0.15, -0.1) is 0 Å². The molecule has 0 spiro atoms. The van der Waals surface area contributed by atoms with Crippen LogP contribution in [0, 0.1) is 0 Å². The molecule has 2 aliphatic rings. The van der Waals surface area contributed by atoms with E-state index in [1.54, 1.807) is 56.7 Å². The molecule has 0 aromatic heterocycles. The first-order chi connectivity index (χ1) is 18.4. The van der Waals surface area contributed by atoms with E-state index >= 15 is 0 Å². The summed E-state index contributed by atoms with van der Waals surface area (Å²) in [4.78, 5) is 26.0. The van der Waals surface area contributed by atoms with Gasteiger partial charge in [-0.3, -0.25) is 9.59 Å². The molecule has 0 saturated heterocycles. The molecule has 2 heterocycles. The van der Waals surface area contributed by atoms with Crippen LogP contribution >= 0.6 is 0 Å². The van der Waals surface area contributed by atoms with E-state index < -0.39 is 11.9 Å². The number of methoxy groups -OCH3 is 5. The van der Waals surface area contributed by atoms with E-state index in [9.17, 15) is 9.59 Å². The fourth-order valence-electron chi connectivity index (χ4n) is 4.78. The summed E-state index contributed by atoms with van der Waals surface area (Å²) in [6.45, 7) is 0. The van der Waals surface area contributed by atoms with Crippen molar-refractivity contribution in [3.8, 4) is 40.2 Å².